The van der Waals surface area contributed by atoms with Gasteiger partial charge in [0, 0.05) is 25.7 Å². The fourth-order valence-electron chi connectivity index (χ4n) is 13.7. The first-order chi connectivity index (χ1) is 51.7. The monoisotopic (exact) mass is 1550 g/mol. The first-order valence-corrected chi connectivity index (χ1v) is 48.3. The highest BCUT2D eigenvalue weighted by atomic mass is 31.2. The van der Waals surface area contributed by atoms with Crippen LogP contribution in [0.1, 0.15) is 477 Å². The van der Waals surface area contributed by atoms with Crippen molar-refractivity contribution in [3.8, 4) is 0 Å². The third-order valence-corrected chi connectivity index (χ3v) is 22.5. The van der Waals surface area contributed by atoms with Crippen LogP contribution in [-0.4, -0.2) is 96.7 Å². The van der Waals surface area contributed by atoms with Crippen LogP contribution in [0.4, 0.5) is 0 Å². The molecule has 0 rings (SSSR count). The molecule has 0 amide bonds. The maximum Gasteiger partial charge on any atom is 0.472 e. The molecule has 0 saturated carbocycles. The third kappa shape index (κ3) is 80.1. The van der Waals surface area contributed by atoms with Crippen molar-refractivity contribution in [1.82, 2.24) is 0 Å². The molecule has 2 unspecified atom stereocenters. The van der Waals surface area contributed by atoms with Crippen LogP contribution < -0.4 is 0 Å². The number of carbonyl (C=O) groups excluding carboxylic acids is 4. The number of rotatable bonds is 88. The van der Waals surface area contributed by atoms with Crippen molar-refractivity contribution in [2.24, 2.45) is 0 Å². The van der Waals surface area contributed by atoms with Crippen LogP contribution in [0.15, 0.2) is 0 Å². The van der Waals surface area contributed by atoms with Gasteiger partial charge in [0.2, 0.25) is 0 Å². The maximum absolute atomic E-state index is 13.1. The number of aliphatic hydroxyl groups excluding tert-OH is 1. The van der Waals surface area contributed by atoms with Crippen LogP contribution in [0, 0.1) is 0 Å². The molecule has 630 valence electrons. The summed E-state index contributed by atoms with van der Waals surface area (Å²) in [4.78, 5) is 73.1. The molecular weight excluding hydrogens is 1380 g/mol. The molecule has 0 heterocycles. The fourth-order valence-corrected chi connectivity index (χ4v) is 15.3. The molecule has 0 saturated heterocycles. The van der Waals surface area contributed by atoms with E-state index in [4.69, 9.17) is 37.0 Å². The molecule has 3 N–H and O–H groups in total. The van der Waals surface area contributed by atoms with E-state index in [-0.39, 0.29) is 25.7 Å². The number of carbonyl (C=O) groups is 4. The summed E-state index contributed by atoms with van der Waals surface area (Å²) < 4.78 is 68.8. The van der Waals surface area contributed by atoms with E-state index < -0.39 is 97.5 Å². The molecule has 0 aliphatic rings. The van der Waals surface area contributed by atoms with Gasteiger partial charge in [0.25, 0.3) is 0 Å². The van der Waals surface area contributed by atoms with Gasteiger partial charge in [0.05, 0.1) is 26.4 Å². The Kier molecular flexibility index (Phi) is 79.6. The quantitative estimate of drug-likeness (QED) is 0.0222. The van der Waals surface area contributed by atoms with Gasteiger partial charge in [-0.1, -0.05) is 426 Å². The van der Waals surface area contributed by atoms with E-state index in [9.17, 15) is 43.2 Å². The fraction of sp³-hybridized carbons (Fsp3) is 0.954. The van der Waals surface area contributed by atoms with Gasteiger partial charge in [-0.3, -0.25) is 37.3 Å². The normalized spacial score (nSPS) is 13.7. The van der Waals surface area contributed by atoms with Gasteiger partial charge in [-0.25, -0.2) is 9.13 Å². The minimum absolute atomic E-state index is 0.108. The number of unbranched alkanes of at least 4 members (excludes halogenated alkanes) is 62. The van der Waals surface area contributed by atoms with Gasteiger partial charge in [0.1, 0.15) is 19.3 Å². The van der Waals surface area contributed by atoms with E-state index in [1.54, 1.807) is 0 Å². The Bertz CT molecular complexity index is 2000. The van der Waals surface area contributed by atoms with Crippen LogP contribution in [-0.2, 0) is 65.4 Å². The average molecular weight is 1550 g/mol. The molecule has 106 heavy (non-hydrogen) atoms. The van der Waals surface area contributed by atoms with Gasteiger partial charge in [0.15, 0.2) is 12.2 Å². The minimum atomic E-state index is -4.96. The Morgan fingerprint density at radius 2 is 0.377 bits per heavy atom. The van der Waals surface area contributed by atoms with Gasteiger partial charge >= 0.3 is 39.5 Å². The topological polar surface area (TPSA) is 237 Å². The van der Waals surface area contributed by atoms with E-state index in [0.29, 0.717) is 25.7 Å². The lowest BCUT2D eigenvalue weighted by Gasteiger charge is -2.21. The van der Waals surface area contributed by atoms with Crippen molar-refractivity contribution >= 4 is 39.5 Å². The predicted octanol–water partition coefficient (Wildman–Crippen LogP) is 26.9. The SMILES string of the molecule is CCCCCCCCCCCCCCCCCCCCCCCCC(=O)OC[C@H](COP(=O)(O)OC[C@@H](O)COP(=O)(O)OC[C@@H](COC(=O)CCCCCCCCC)OC(=O)CCCCCCCCCCCCCCCCC)OC(=O)CCCCCCCCCCCCCCCCCCCCCCCC. The van der Waals surface area contributed by atoms with Crippen molar-refractivity contribution in [3.63, 3.8) is 0 Å². The second-order valence-electron chi connectivity index (χ2n) is 31.3. The summed E-state index contributed by atoms with van der Waals surface area (Å²) in [6, 6.07) is 0. The molecule has 0 spiro atoms. The van der Waals surface area contributed by atoms with Gasteiger partial charge in [-0.15, -0.1) is 0 Å². The molecular formula is C87H170O17P2. The molecule has 0 aliphatic heterocycles. The van der Waals surface area contributed by atoms with Crippen molar-refractivity contribution in [2.75, 3.05) is 39.6 Å². The summed E-state index contributed by atoms with van der Waals surface area (Å²) in [5.74, 6) is -2.10. The smallest absolute Gasteiger partial charge is 0.462 e. The molecule has 0 fully saturated rings. The number of ether oxygens (including phenoxy) is 4. The number of phosphoric acid groups is 2. The Morgan fingerprint density at radius 1 is 0.226 bits per heavy atom. The van der Waals surface area contributed by atoms with Crippen LogP contribution in [0.2, 0.25) is 0 Å². The second kappa shape index (κ2) is 81.1. The summed E-state index contributed by atoms with van der Waals surface area (Å²) in [5.41, 5.74) is 0. The predicted molar refractivity (Wildman–Crippen MR) is 437 cm³/mol. The summed E-state index contributed by atoms with van der Waals surface area (Å²) in [5, 5.41) is 10.7. The summed E-state index contributed by atoms with van der Waals surface area (Å²) >= 11 is 0. The third-order valence-electron chi connectivity index (χ3n) is 20.6. The van der Waals surface area contributed by atoms with Crippen molar-refractivity contribution < 1.29 is 80.2 Å². The molecule has 0 aromatic carbocycles. The van der Waals surface area contributed by atoms with E-state index in [2.05, 4.69) is 27.7 Å². The highest BCUT2D eigenvalue weighted by Gasteiger charge is 2.30. The summed E-state index contributed by atoms with van der Waals surface area (Å²) in [7, 11) is -9.92. The molecule has 17 nitrogen and oxygen atoms in total. The molecule has 19 heteroatoms. The number of hydrogen-bond donors (Lipinski definition) is 3. The Balaban J connectivity index is 5.14. The molecule has 0 bridgehead atoms. The number of phosphoric ester groups is 2. The molecule has 0 aromatic heterocycles. The standard InChI is InChI=1S/C87H170O17P2/c1-5-9-13-17-21-24-27-30-33-35-37-39-41-43-45-48-50-53-56-60-64-68-72-85(90)98-78-83(104-87(92)74-70-66-62-58-55-52-49-46-44-42-40-38-36-34-31-28-25-22-18-14-10-6-2)80-102-106(95,96)100-76-81(88)75-99-105(93,94)101-79-82(77-97-84(89)71-67-63-59-20-16-12-8-4)103-86(91)73-69-65-61-57-54-51-47-32-29-26-23-19-15-11-7-3/h81-83,88H,5-80H2,1-4H3,(H,93,94)(H,95,96)/t81-,82+,83+/m0/s1. The number of esters is 4. The lowest BCUT2D eigenvalue weighted by Crippen LogP contribution is -2.30. The van der Waals surface area contributed by atoms with Gasteiger partial charge in [-0.2, -0.15) is 0 Å². The molecule has 0 aliphatic carbocycles. The zero-order valence-electron chi connectivity index (χ0n) is 69.4. The van der Waals surface area contributed by atoms with Crippen LogP contribution in [0.25, 0.3) is 0 Å². The lowest BCUT2D eigenvalue weighted by atomic mass is 10.0. The van der Waals surface area contributed by atoms with Crippen molar-refractivity contribution in [1.29, 1.82) is 0 Å². The zero-order chi connectivity index (χ0) is 77.4. The van der Waals surface area contributed by atoms with Crippen molar-refractivity contribution in [2.45, 2.75) is 495 Å². The summed E-state index contributed by atoms with van der Waals surface area (Å²) in [6.07, 6.45) is 76.8. The lowest BCUT2D eigenvalue weighted by molar-refractivity contribution is -0.161. The van der Waals surface area contributed by atoms with Crippen molar-refractivity contribution in [3.05, 3.63) is 0 Å². The molecule has 5 atom stereocenters. The Labute approximate surface area is 651 Å². The maximum atomic E-state index is 13.1. The average Bonchev–Trinajstić information content (AvgIpc) is 0.912. The first kappa shape index (κ1) is 104. The number of aliphatic hydroxyl groups is 1. The molecule has 0 aromatic rings. The highest BCUT2D eigenvalue weighted by Crippen LogP contribution is 2.45. The largest absolute Gasteiger partial charge is 0.472 e. The van der Waals surface area contributed by atoms with Crippen LogP contribution in [0.3, 0.4) is 0 Å². The highest BCUT2D eigenvalue weighted by molar-refractivity contribution is 7.47. The minimum Gasteiger partial charge on any atom is -0.462 e. The van der Waals surface area contributed by atoms with Crippen LogP contribution in [0.5, 0.6) is 0 Å². The second-order valence-corrected chi connectivity index (χ2v) is 34.2. The van der Waals surface area contributed by atoms with E-state index in [1.807, 2.05) is 0 Å². The first-order valence-electron chi connectivity index (χ1n) is 45.3. The summed E-state index contributed by atoms with van der Waals surface area (Å²) in [6.45, 7) is 5.01. The van der Waals surface area contributed by atoms with Crippen LogP contribution >= 0.6 is 15.6 Å². The Morgan fingerprint density at radius 3 is 0.557 bits per heavy atom. The van der Waals surface area contributed by atoms with E-state index in [0.717, 1.165) is 103 Å². The van der Waals surface area contributed by atoms with Gasteiger partial charge < -0.3 is 33.8 Å². The zero-order valence-corrected chi connectivity index (χ0v) is 71.2. The van der Waals surface area contributed by atoms with E-state index >= 15 is 0 Å². The van der Waals surface area contributed by atoms with Gasteiger partial charge in [-0.05, 0) is 25.7 Å². The Hall–Kier alpha value is -1.94. The molecule has 0 radical (unpaired) electrons. The van der Waals surface area contributed by atoms with E-state index in [1.165, 1.54) is 295 Å². The number of hydrogen-bond acceptors (Lipinski definition) is 15.